The lowest BCUT2D eigenvalue weighted by Gasteiger charge is -2.30. The van der Waals surface area contributed by atoms with Gasteiger partial charge in [-0.15, -0.1) is 0 Å². The van der Waals surface area contributed by atoms with Crippen LogP contribution in [0.15, 0.2) is 58.6 Å². The molecule has 11 nitrogen and oxygen atoms in total. The van der Waals surface area contributed by atoms with Gasteiger partial charge in [-0.3, -0.25) is 9.59 Å². The van der Waals surface area contributed by atoms with E-state index < -0.39 is 54.2 Å². The van der Waals surface area contributed by atoms with E-state index in [1.54, 1.807) is 39.0 Å². The average molecular weight is 563 g/mol. The van der Waals surface area contributed by atoms with Gasteiger partial charge in [-0.1, -0.05) is 38.2 Å². The quantitative estimate of drug-likeness (QED) is 0.376. The zero-order valence-corrected chi connectivity index (χ0v) is 24.2. The van der Waals surface area contributed by atoms with Gasteiger partial charge in [-0.25, -0.2) is 4.79 Å². The van der Waals surface area contributed by atoms with Gasteiger partial charge in [0.2, 0.25) is 5.78 Å². The molecule has 0 aromatic heterocycles. The second-order valence-electron chi connectivity index (χ2n) is 10.2. The van der Waals surface area contributed by atoms with E-state index in [2.05, 4.69) is 5.32 Å². The Morgan fingerprint density at radius 1 is 1.07 bits per heavy atom. The molecule has 0 saturated heterocycles. The monoisotopic (exact) mass is 562 g/mol. The Hall–Kier alpha value is -3.25. The standard InChI is InChI=1S/C29H42N2O9/c1-15-11-19-25(34)20(14-21(32)27(19)39-7)31-28(35)16(2)9-8-10-22(37-5)26(40-29(30)36)18(4)13-17(3)24(33)23(12-15)38-6/h8-10,13-15,17,21-24,26,32-33H,11-12H2,1-7H3,(H2,30,36)(H,31,35)/b10-8-,16-9+,18-13+/t15-,17+,21?,22+,23+,24-,26+/m1/s1. The number of amides is 2. The van der Waals surface area contributed by atoms with Crippen LogP contribution >= 0.6 is 0 Å². The first-order valence-corrected chi connectivity index (χ1v) is 13.1. The lowest BCUT2D eigenvalue weighted by molar-refractivity contribution is -0.119. The second-order valence-corrected chi connectivity index (χ2v) is 10.2. The molecule has 0 spiro atoms. The molecule has 5 N–H and O–H groups in total. The molecule has 11 heteroatoms. The van der Waals surface area contributed by atoms with Crippen molar-refractivity contribution in [3.63, 3.8) is 0 Å². The van der Waals surface area contributed by atoms with Crippen molar-refractivity contribution >= 4 is 17.8 Å². The average Bonchev–Trinajstić information content (AvgIpc) is 2.90. The van der Waals surface area contributed by atoms with Crippen LogP contribution in [0.4, 0.5) is 4.79 Å². The zero-order valence-electron chi connectivity index (χ0n) is 24.2. The van der Waals surface area contributed by atoms with E-state index in [-0.39, 0.29) is 34.9 Å². The zero-order chi connectivity index (χ0) is 30.1. The second kappa shape index (κ2) is 14.9. The first-order valence-electron chi connectivity index (χ1n) is 13.1. The van der Waals surface area contributed by atoms with Crippen LogP contribution in [-0.4, -0.2) is 79.8 Å². The number of aliphatic hydroxyl groups is 2. The third-order valence-corrected chi connectivity index (χ3v) is 7.08. The summed E-state index contributed by atoms with van der Waals surface area (Å²) in [5, 5.41) is 24.4. The van der Waals surface area contributed by atoms with Crippen LogP contribution in [0.25, 0.3) is 0 Å². The number of Topliss-reactive ketones (excluding diaryl/α,β-unsaturated/α-hetero) is 1. The maximum Gasteiger partial charge on any atom is 0.405 e. The van der Waals surface area contributed by atoms with Crippen molar-refractivity contribution in [3.8, 4) is 0 Å². The Balaban J connectivity index is 2.59. The Morgan fingerprint density at radius 2 is 1.75 bits per heavy atom. The molecule has 0 aromatic carbocycles. The van der Waals surface area contributed by atoms with E-state index >= 15 is 0 Å². The van der Waals surface area contributed by atoms with Crippen LogP contribution in [0, 0.1) is 11.8 Å². The van der Waals surface area contributed by atoms with E-state index in [0.29, 0.717) is 12.0 Å². The Bertz CT molecular complexity index is 1100. The van der Waals surface area contributed by atoms with Gasteiger partial charge in [0.25, 0.3) is 5.91 Å². The van der Waals surface area contributed by atoms with Crippen molar-refractivity contribution in [1.82, 2.24) is 5.32 Å². The van der Waals surface area contributed by atoms with Crippen molar-refractivity contribution in [2.75, 3.05) is 21.3 Å². The largest absolute Gasteiger partial charge is 0.498 e. The van der Waals surface area contributed by atoms with Crippen molar-refractivity contribution in [1.29, 1.82) is 0 Å². The highest BCUT2D eigenvalue weighted by Gasteiger charge is 2.34. The minimum absolute atomic E-state index is 0.0587. The molecule has 2 rings (SSSR count). The van der Waals surface area contributed by atoms with Gasteiger partial charge in [0, 0.05) is 31.3 Å². The van der Waals surface area contributed by atoms with Gasteiger partial charge in [-0.05, 0) is 44.3 Å². The molecule has 2 amide bonds. The fraction of sp³-hybridized carbons (Fsp3) is 0.552. The SMILES string of the molecule is COC1=C2C[C@@H](C)C[C@H](OC)[C@H](O)[C@@H](C)/C=C(\C)[C@H](OC(N)=O)[C@@H](OC)/C=C\C=C(/C)C(=O)NC(=CC1O)C2=O. The summed E-state index contributed by atoms with van der Waals surface area (Å²) in [7, 11) is 4.30. The van der Waals surface area contributed by atoms with Crippen molar-refractivity contribution in [3.05, 3.63) is 58.6 Å². The molecular weight excluding hydrogens is 520 g/mol. The van der Waals surface area contributed by atoms with Crippen molar-refractivity contribution < 1.29 is 43.5 Å². The lowest BCUT2D eigenvalue weighted by atomic mass is 9.85. The van der Waals surface area contributed by atoms with Gasteiger partial charge in [0.15, 0.2) is 6.10 Å². The normalized spacial score (nSPS) is 34.5. The van der Waals surface area contributed by atoms with E-state index in [4.69, 9.17) is 24.7 Å². The number of nitrogens with one attached hydrogen (secondary N) is 1. The van der Waals surface area contributed by atoms with E-state index in [1.165, 1.54) is 33.5 Å². The molecule has 1 heterocycles. The van der Waals surface area contributed by atoms with E-state index in [1.807, 2.05) is 6.92 Å². The molecule has 1 aliphatic heterocycles. The van der Waals surface area contributed by atoms with E-state index in [0.717, 1.165) is 0 Å². The molecule has 2 bridgehead atoms. The number of methoxy groups -OCH3 is 3. The van der Waals surface area contributed by atoms with Crippen LogP contribution in [0.5, 0.6) is 0 Å². The summed E-state index contributed by atoms with van der Waals surface area (Å²) in [6.45, 7) is 6.99. The third-order valence-electron chi connectivity index (χ3n) is 7.08. The molecule has 7 atom stereocenters. The van der Waals surface area contributed by atoms with Crippen molar-refractivity contribution in [2.24, 2.45) is 17.6 Å². The molecule has 0 radical (unpaired) electrons. The number of aliphatic hydroxyl groups excluding tert-OH is 2. The number of hydrogen-bond acceptors (Lipinski definition) is 9. The first-order chi connectivity index (χ1) is 18.8. The number of nitrogens with two attached hydrogens (primary N) is 1. The number of rotatable bonds is 4. The Kier molecular flexibility index (Phi) is 12.3. The number of ether oxygens (including phenoxy) is 4. The molecule has 40 heavy (non-hydrogen) atoms. The summed E-state index contributed by atoms with van der Waals surface area (Å²) < 4.78 is 21.9. The number of carbonyl (C=O) groups excluding carboxylic acids is 3. The number of carbonyl (C=O) groups is 3. The summed E-state index contributed by atoms with van der Waals surface area (Å²) in [6.07, 6.45) is 2.81. The lowest BCUT2D eigenvalue weighted by Crippen LogP contribution is -2.37. The predicted octanol–water partition coefficient (Wildman–Crippen LogP) is 2.20. The summed E-state index contributed by atoms with van der Waals surface area (Å²) in [5.74, 6) is -1.50. The fourth-order valence-corrected chi connectivity index (χ4v) is 4.90. The van der Waals surface area contributed by atoms with Crippen LogP contribution in [0.3, 0.4) is 0 Å². The fourth-order valence-electron chi connectivity index (χ4n) is 4.90. The molecule has 1 unspecified atom stereocenters. The number of primary amides is 1. The molecule has 0 fully saturated rings. The highest BCUT2D eigenvalue weighted by atomic mass is 16.6. The highest BCUT2D eigenvalue weighted by Crippen LogP contribution is 2.30. The smallest absolute Gasteiger partial charge is 0.405 e. The Morgan fingerprint density at radius 3 is 2.33 bits per heavy atom. The maximum absolute atomic E-state index is 13.4. The van der Waals surface area contributed by atoms with Crippen LogP contribution in [0.2, 0.25) is 0 Å². The third kappa shape index (κ3) is 8.37. The Labute approximate surface area is 235 Å². The number of fused-ring (bicyclic) bond motifs is 2. The molecule has 2 aliphatic rings. The number of hydrogen-bond donors (Lipinski definition) is 4. The molecular formula is C29H42N2O9. The maximum atomic E-state index is 13.4. The van der Waals surface area contributed by atoms with Gasteiger partial charge >= 0.3 is 6.09 Å². The minimum atomic E-state index is -1.22. The van der Waals surface area contributed by atoms with Crippen molar-refractivity contribution in [2.45, 2.75) is 71.1 Å². The number of allylic oxidation sites excluding steroid dienone is 3. The molecule has 1 aliphatic carbocycles. The summed E-state index contributed by atoms with van der Waals surface area (Å²) in [5.41, 5.74) is 6.37. The van der Waals surface area contributed by atoms with Gasteiger partial charge in [0.05, 0.1) is 25.0 Å². The number of ketones is 1. The first kappa shape index (κ1) is 33.0. The van der Waals surface area contributed by atoms with Gasteiger partial charge in [-0.2, -0.15) is 0 Å². The van der Waals surface area contributed by atoms with E-state index in [9.17, 15) is 24.6 Å². The summed E-state index contributed by atoms with van der Waals surface area (Å²) in [6, 6.07) is 0. The summed E-state index contributed by atoms with van der Waals surface area (Å²) in [4.78, 5) is 37.9. The molecule has 0 aromatic rings. The van der Waals surface area contributed by atoms with Crippen LogP contribution < -0.4 is 11.1 Å². The molecule has 222 valence electrons. The summed E-state index contributed by atoms with van der Waals surface area (Å²) >= 11 is 0. The molecule has 0 saturated carbocycles. The van der Waals surface area contributed by atoms with Crippen LogP contribution in [0.1, 0.15) is 40.5 Å². The topological polar surface area (TPSA) is 167 Å². The van der Waals surface area contributed by atoms with Gasteiger partial charge < -0.3 is 40.2 Å². The van der Waals surface area contributed by atoms with Gasteiger partial charge in [0.1, 0.15) is 18.0 Å². The van der Waals surface area contributed by atoms with Crippen LogP contribution in [-0.2, 0) is 28.5 Å². The predicted molar refractivity (Wildman–Crippen MR) is 148 cm³/mol. The highest BCUT2D eigenvalue weighted by molar-refractivity contribution is 6.12. The minimum Gasteiger partial charge on any atom is -0.498 e.